The van der Waals surface area contributed by atoms with Gasteiger partial charge in [-0.25, -0.2) is 4.79 Å². The van der Waals surface area contributed by atoms with Gasteiger partial charge in [-0.1, -0.05) is 29.8 Å². The Hall–Kier alpha value is -3.08. The van der Waals surface area contributed by atoms with Crippen molar-refractivity contribution in [2.75, 3.05) is 7.11 Å². The molecule has 0 amide bonds. The Labute approximate surface area is 145 Å². The molecule has 1 heterocycles. The summed E-state index contributed by atoms with van der Waals surface area (Å²) >= 11 is 0. The number of methoxy groups -OCH3 is 1. The number of esters is 1. The number of carbonyl (C=O) groups excluding carboxylic acids is 2. The van der Waals surface area contributed by atoms with Crippen LogP contribution >= 0.6 is 0 Å². The summed E-state index contributed by atoms with van der Waals surface area (Å²) in [6, 6.07) is 12.7. The molecule has 0 radical (unpaired) electrons. The largest absolute Gasteiger partial charge is 0.479 e. The van der Waals surface area contributed by atoms with Gasteiger partial charge in [0.1, 0.15) is 11.5 Å². The van der Waals surface area contributed by atoms with E-state index in [2.05, 4.69) is 4.74 Å². The number of aryl methyl sites for hydroxylation is 1. The van der Waals surface area contributed by atoms with Crippen LogP contribution in [0.15, 0.2) is 48.2 Å². The van der Waals surface area contributed by atoms with Crippen LogP contribution in [0.5, 0.6) is 11.5 Å². The molecule has 0 spiro atoms. The molecule has 0 aliphatic carbocycles. The van der Waals surface area contributed by atoms with Crippen LogP contribution in [0.3, 0.4) is 0 Å². The Bertz CT molecular complexity index is 866. The van der Waals surface area contributed by atoms with Crippen LogP contribution in [-0.4, -0.2) is 25.0 Å². The van der Waals surface area contributed by atoms with Crippen molar-refractivity contribution in [3.05, 3.63) is 64.9 Å². The summed E-state index contributed by atoms with van der Waals surface area (Å²) < 4.78 is 15.8. The van der Waals surface area contributed by atoms with Gasteiger partial charge < -0.3 is 14.2 Å². The summed E-state index contributed by atoms with van der Waals surface area (Å²) in [4.78, 5) is 23.9. The van der Waals surface area contributed by atoms with Gasteiger partial charge in [-0.15, -0.1) is 0 Å². The normalized spacial score (nSPS) is 15.5. The van der Waals surface area contributed by atoms with E-state index in [1.54, 1.807) is 31.2 Å². The molecule has 1 aliphatic rings. The van der Waals surface area contributed by atoms with Crippen LogP contribution < -0.4 is 9.47 Å². The number of hydrogen-bond acceptors (Lipinski definition) is 5. The first-order chi connectivity index (χ1) is 12.0. The Kier molecular flexibility index (Phi) is 4.57. The zero-order valence-electron chi connectivity index (χ0n) is 14.2. The average Bonchev–Trinajstić information content (AvgIpc) is 2.89. The van der Waals surface area contributed by atoms with E-state index in [-0.39, 0.29) is 11.5 Å². The highest BCUT2D eigenvalue weighted by molar-refractivity contribution is 6.14. The maximum atomic E-state index is 12.5. The highest BCUT2D eigenvalue weighted by Gasteiger charge is 2.28. The van der Waals surface area contributed by atoms with Crippen molar-refractivity contribution in [3.8, 4) is 11.5 Å². The molecule has 1 unspecified atom stereocenters. The second kappa shape index (κ2) is 6.81. The van der Waals surface area contributed by atoms with Gasteiger partial charge in [-0.3, -0.25) is 4.79 Å². The van der Waals surface area contributed by atoms with Gasteiger partial charge in [0.15, 0.2) is 11.9 Å². The first-order valence-corrected chi connectivity index (χ1v) is 7.87. The van der Waals surface area contributed by atoms with Crippen molar-refractivity contribution in [2.45, 2.75) is 20.0 Å². The molecule has 2 aromatic rings. The Morgan fingerprint density at radius 2 is 2.00 bits per heavy atom. The molecule has 0 saturated heterocycles. The summed E-state index contributed by atoms with van der Waals surface area (Å²) in [7, 11) is 1.30. The number of rotatable bonds is 4. The van der Waals surface area contributed by atoms with Crippen molar-refractivity contribution >= 4 is 17.8 Å². The third kappa shape index (κ3) is 3.55. The Morgan fingerprint density at radius 3 is 2.72 bits per heavy atom. The fourth-order valence-corrected chi connectivity index (χ4v) is 2.57. The van der Waals surface area contributed by atoms with Crippen molar-refractivity contribution < 1.29 is 23.8 Å². The minimum atomic E-state index is -0.748. The Morgan fingerprint density at radius 1 is 1.20 bits per heavy atom. The second-order valence-corrected chi connectivity index (χ2v) is 5.80. The minimum absolute atomic E-state index is 0.177. The molecule has 0 fully saturated rings. The van der Waals surface area contributed by atoms with Gasteiger partial charge in [0.2, 0.25) is 5.78 Å². The average molecular weight is 338 g/mol. The van der Waals surface area contributed by atoms with Crippen molar-refractivity contribution in [2.24, 2.45) is 0 Å². The molecule has 1 aliphatic heterocycles. The predicted molar refractivity (Wildman–Crippen MR) is 92.7 cm³/mol. The lowest BCUT2D eigenvalue weighted by molar-refractivity contribution is -0.147. The summed E-state index contributed by atoms with van der Waals surface area (Å²) in [5.74, 6) is 0.458. The predicted octanol–water partition coefficient (Wildman–Crippen LogP) is 3.55. The zero-order chi connectivity index (χ0) is 18.0. The monoisotopic (exact) mass is 338 g/mol. The molecule has 0 saturated carbocycles. The van der Waals surface area contributed by atoms with Gasteiger partial charge in [0.25, 0.3) is 0 Å². The number of allylic oxidation sites excluding steroid dienone is 1. The van der Waals surface area contributed by atoms with Crippen molar-refractivity contribution in [1.82, 2.24) is 0 Å². The fourth-order valence-electron chi connectivity index (χ4n) is 2.57. The van der Waals surface area contributed by atoms with Gasteiger partial charge in [-0.05, 0) is 37.6 Å². The maximum Gasteiger partial charge on any atom is 0.346 e. The van der Waals surface area contributed by atoms with Gasteiger partial charge >= 0.3 is 5.97 Å². The third-order valence-corrected chi connectivity index (χ3v) is 3.83. The number of Topliss-reactive ketones (excluding diaryl/α,β-unsaturated/α-hetero) is 1. The quantitative estimate of drug-likeness (QED) is 0.630. The van der Waals surface area contributed by atoms with Crippen LogP contribution in [0.4, 0.5) is 0 Å². The second-order valence-electron chi connectivity index (χ2n) is 5.80. The Balaban J connectivity index is 1.83. The van der Waals surface area contributed by atoms with E-state index >= 15 is 0 Å². The molecule has 128 valence electrons. The van der Waals surface area contributed by atoms with Crippen LogP contribution in [0.1, 0.15) is 28.4 Å². The van der Waals surface area contributed by atoms with Gasteiger partial charge in [0.05, 0.1) is 12.7 Å². The third-order valence-electron chi connectivity index (χ3n) is 3.83. The molecule has 0 N–H and O–H groups in total. The van der Waals surface area contributed by atoms with E-state index in [0.29, 0.717) is 17.1 Å². The molecule has 2 aromatic carbocycles. The highest BCUT2D eigenvalue weighted by Crippen LogP contribution is 2.35. The summed E-state index contributed by atoms with van der Waals surface area (Å²) in [5.41, 5.74) is 2.47. The van der Waals surface area contributed by atoms with Crippen LogP contribution in [-0.2, 0) is 9.53 Å². The van der Waals surface area contributed by atoms with E-state index in [4.69, 9.17) is 9.47 Å². The minimum Gasteiger partial charge on any atom is -0.479 e. The number of fused-ring (bicyclic) bond motifs is 1. The number of ether oxygens (including phenoxy) is 3. The van der Waals surface area contributed by atoms with Gasteiger partial charge in [0, 0.05) is 6.07 Å². The number of benzene rings is 2. The maximum absolute atomic E-state index is 12.5. The zero-order valence-corrected chi connectivity index (χ0v) is 14.2. The lowest BCUT2D eigenvalue weighted by Gasteiger charge is -2.12. The molecule has 3 rings (SSSR count). The van der Waals surface area contributed by atoms with Crippen molar-refractivity contribution in [3.63, 3.8) is 0 Å². The summed E-state index contributed by atoms with van der Waals surface area (Å²) in [6.45, 7) is 3.58. The lowest BCUT2D eigenvalue weighted by Crippen LogP contribution is -2.24. The number of hydrogen-bond donors (Lipinski definition) is 0. The first-order valence-electron chi connectivity index (χ1n) is 7.87. The fraction of sp³-hybridized carbons (Fsp3) is 0.200. The van der Waals surface area contributed by atoms with Gasteiger partial charge in [-0.2, -0.15) is 0 Å². The topological polar surface area (TPSA) is 61.8 Å². The molecular weight excluding hydrogens is 320 g/mol. The number of carbonyl (C=O) groups is 2. The van der Waals surface area contributed by atoms with Crippen LogP contribution in [0, 0.1) is 6.92 Å². The molecule has 1 atom stereocenters. The molecule has 0 aromatic heterocycles. The lowest BCUT2D eigenvalue weighted by atomic mass is 10.1. The van der Waals surface area contributed by atoms with Crippen LogP contribution in [0.2, 0.25) is 0 Å². The first kappa shape index (κ1) is 16.8. The summed E-state index contributed by atoms with van der Waals surface area (Å²) in [6.07, 6.45) is 0.967. The van der Waals surface area contributed by atoms with E-state index < -0.39 is 12.1 Å². The van der Waals surface area contributed by atoms with E-state index in [9.17, 15) is 9.59 Å². The number of ketones is 1. The van der Waals surface area contributed by atoms with Crippen molar-refractivity contribution in [1.29, 1.82) is 0 Å². The smallest absolute Gasteiger partial charge is 0.346 e. The standard InChI is InChI=1S/C20H18O5/c1-12-5-4-6-14(9-12)10-18-19(21)16-8-7-15(11-17(16)25-18)24-13(2)20(22)23-3/h4-11,13H,1-3H3/b18-10-. The molecule has 0 bridgehead atoms. The SMILES string of the molecule is COC(=O)C(C)Oc1ccc2c(c1)O/C(=C\c1cccc(C)c1)C2=O. The van der Waals surface area contributed by atoms with E-state index in [1.807, 2.05) is 31.2 Å². The molecule has 5 heteroatoms. The highest BCUT2D eigenvalue weighted by atomic mass is 16.6. The molecule has 5 nitrogen and oxygen atoms in total. The van der Waals surface area contributed by atoms with E-state index in [0.717, 1.165) is 11.1 Å². The van der Waals surface area contributed by atoms with E-state index in [1.165, 1.54) is 7.11 Å². The summed E-state index contributed by atoms with van der Waals surface area (Å²) in [5, 5.41) is 0. The molecule has 25 heavy (non-hydrogen) atoms. The van der Waals surface area contributed by atoms with Crippen LogP contribution in [0.25, 0.3) is 6.08 Å². The molecular formula is C20H18O5.